The third-order valence-corrected chi connectivity index (χ3v) is 1.70. The molecule has 0 heterocycles. The van der Waals surface area contributed by atoms with E-state index in [0.29, 0.717) is 5.57 Å². The molecule has 0 fully saturated rings. The standard InChI is InChI=1S/C8H8O4/c1-4-2-5(9)7(8(11)12)6(10)3-4/h2,7H,3H2,1H3,(H,11,12). The van der Waals surface area contributed by atoms with Crippen LogP contribution < -0.4 is 0 Å². The highest BCUT2D eigenvalue weighted by atomic mass is 16.4. The number of allylic oxidation sites excluding steroid dienone is 2. The number of Topliss-reactive ketones (excluding diaryl/α,β-unsaturated/α-hetero) is 1. The van der Waals surface area contributed by atoms with Crippen LogP contribution in [0.2, 0.25) is 0 Å². The number of carbonyl (C=O) groups is 3. The Bertz CT molecular complexity index is 287. The molecule has 0 amide bonds. The Balaban J connectivity index is 2.98. The minimum atomic E-state index is -1.46. The van der Waals surface area contributed by atoms with Crippen molar-refractivity contribution < 1.29 is 19.5 Å². The number of hydrogen-bond acceptors (Lipinski definition) is 3. The summed E-state index contributed by atoms with van der Waals surface area (Å²) in [5, 5.41) is 8.49. The lowest BCUT2D eigenvalue weighted by atomic mass is 9.88. The van der Waals surface area contributed by atoms with Crippen LogP contribution in [0.25, 0.3) is 0 Å². The molecule has 0 spiro atoms. The van der Waals surface area contributed by atoms with E-state index in [1.54, 1.807) is 6.92 Å². The van der Waals surface area contributed by atoms with Crippen LogP contribution in [0.1, 0.15) is 13.3 Å². The van der Waals surface area contributed by atoms with E-state index in [1.807, 2.05) is 0 Å². The van der Waals surface area contributed by atoms with Gasteiger partial charge in [-0.05, 0) is 13.0 Å². The molecule has 1 aliphatic carbocycles. The fraction of sp³-hybridized carbons (Fsp3) is 0.375. The molecule has 0 saturated carbocycles. The normalized spacial score (nSPS) is 23.8. The quantitative estimate of drug-likeness (QED) is 0.567. The maximum absolute atomic E-state index is 11.0. The van der Waals surface area contributed by atoms with Crippen molar-refractivity contribution in [2.75, 3.05) is 0 Å². The van der Waals surface area contributed by atoms with E-state index in [2.05, 4.69) is 0 Å². The molecule has 0 bridgehead atoms. The van der Waals surface area contributed by atoms with Crippen molar-refractivity contribution in [3.05, 3.63) is 11.6 Å². The summed E-state index contributed by atoms with van der Waals surface area (Å²) < 4.78 is 0. The van der Waals surface area contributed by atoms with Gasteiger partial charge in [-0.25, -0.2) is 0 Å². The molecule has 0 saturated heterocycles. The van der Waals surface area contributed by atoms with Crippen molar-refractivity contribution >= 4 is 17.5 Å². The Morgan fingerprint density at radius 1 is 1.58 bits per heavy atom. The monoisotopic (exact) mass is 168 g/mol. The SMILES string of the molecule is CC1=CC(=O)C(C(=O)O)C(=O)C1. The highest BCUT2D eigenvalue weighted by molar-refractivity contribution is 6.22. The van der Waals surface area contributed by atoms with Crippen LogP contribution in [-0.4, -0.2) is 22.6 Å². The molecule has 4 nitrogen and oxygen atoms in total. The van der Waals surface area contributed by atoms with Crippen molar-refractivity contribution in [1.82, 2.24) is 0 Å². The van der Waals surface area contributed by atoms with E-state index in [-0.39, 0.29) is 6.42 Å². The van der Waals surface area contributed by atoms with Crippen LogP contribution in [0.15, 0.2) is 11.6 Å². The highest BCUT2D eigenvalue weighted by Crippen LogP contribution is 2.16. The third-order valence-electron chi connectivity index (χ3n) is 1.70. The van der Waals surface area contributed by atoms with Gasteiger partial charge in [-0.3, -0.25) is 14.4 Å². The Morgan fingerprint density at radius 3 is 2.58 bits per heavy atom. The van der Waals surface area contributed by atoms with Gasteiger partial charge in [-0.15, -0.1) is 0 Å². The molecule has 0 aromatic carbocycles. The third kappa shape index (κ3) is 1.42. The van der Waals surface area contributed by atoms with E-state index in [4.69, 9.17) is 5.11 Å². The van der Waals surface area contributed by atoms with Gasteiger partial charge in [0.15, 0.2) is 17.5 Å². The van der Waals surface area contributed by atoms with Gasteiger partial charge in [0.1, 0.15) is 0 Å². The lowest BCUT2D eigenvalue weighted by Gasteiger charge is -2.13. The van der Waals surface area contributed by atoms with Gasteiger partial charge in [0.05, 0.1) is 0 Å². The van der Waals surface area contributed by atoms with Gasteiger partial charge in [-0.1, -0.05) is 5.57 Å². The molecule has 0 radical (unpaired) electrons. The number of aliphatic carboxylic acids is 1. The molecule has 12 heavy (non-hydrogen) atoms. The van der Waals surface area contributed by atoms with E-state index in [0.717, 1.165) is 0 Å². The zero-order valence-electron chi connectivity index (χ0n) is 6.53. The molecule has 1 atom stereocenters. The number of carbonyl (C=O) groups excluding carboxylic acids is 2. The summed E-state index contributed by atoms with van der Waals surface area (Å²) in [4.78, 5) is 32.4. The number of ketones is 2. The molecule has 4 heteroatoms. The van der Waals surface area contributed by atoms with Crippen molar-refractivity contribution in [1.29, 1.82) is 0 Å². The molecule has 64 valence electrons. The number of rotatable bonds is 1. The smallest absolute Gasteiger partial charge is 0.322 e. The van der Waals surface area contributed by atoms with E-state index >= 15 is 0 Å². The maximum atomic E-state index is 11.0. The zero-order valence-corrected chi connectivity index (χ0v) is 6.53. The Hall–Kier alpha value is -1.45. The molecule has 0 aromatic heterocycles. The van der Waals surface area contributed by atoms with Crippen LogP contribution in [0.4, 0.5) is 0 Å². The van der Waals surface area contributed by atoms with Gasteiger partial charge in [0.25, 0.3) is 0 Å². The summed E-state index contributed by atoms with van der Waals surface area (Å²) in [6.07, 6.45) is 1.29. The molecule has 1 unspecified atom stereocenters. The van der Waals surface area contributed by atoms with Crippen LogP contribution in [-0.2, 0) is 14.4 Å². The van der Waals surface area contributed by atoms with Gasteiger partial charge >= 0.3 is 5.97 Å². The first-order chi connectivity index (χ1) is 5.52. The predicted octanol–water partition coefficient (Wildman–Crippen LogP) is 0.175. The highest BCUT2D eigenvalue weighted by Gasteiger charge is 2.34. The minimum Gasteiger partial charge on any atom is -0.480 e. The van der Waals surface area contributed by atoms with Crippen molar-refractivity contribution in [3.8, 4) is 0 Å². The lowest BCUT2D eigenvalue weighted by molar-refractivity contribution is -0.149. The minimum absolute atomic E-state index is 0.0721. The zero-order chi connectivity index (χ0) is 9.30. The summed E-state index contributed by atoms with van der Waals surface area (Å²) in [6.45, 7) is 1.63. The van der Waals surface area contributed by atoms with Gasteiger partial charge in [0, 0.05) is 6.42 Å². The van der Waals surface area contributed by atoms with Crippen LogP contribution >= 0.6 is 0 Å². The molecule has 0 aliphatic heterocycles. The second-order valence-corrected chi connectivity index (χ2v) is 2.81. The lowest BCUT2D eigenvalue weighted by Crippen LogP contribution is -2.33. The van der Waals surface area contributed by atoms with Crippen LogP contribution in [0, 0.1) is 5.92 Å². The van der Waals surface area contributed by atoms with E-state index < -0.39 is 23.5 Å². The second-order valence-electron chi connectivity index (χ2n) is 2.81. The molecule has 1 rings (SSSR count). The first kappa shape index (κ1) is 8.64. The Labute approximate surface area is 68.9 Å². The van der Waals surface area contributed by atoms with Crippen molar-refractivity contribution in [2.45, 2.75) is 13.3 Å². The molecular formula is C8H8O4. The van der Waals surface area contributed by atoms with Gasteiger partial charge in [0.2, 0.25) is 0 Å². The molecule has 1 N–H and O–H groups in total. The molecule has 1 aliphatic rings. The first-order valence-corrected chi connectivity index (χ1v) is 3.49. The average molecular weight is 168 g/mol. The average Bonchev–Trinajstić information content (AvgIpc) is 1.82. The Morgan fingerprint density at radius 2 is 2.17 bits per heavy atom. The summed E-state index contributed by atoms with van der Waals surface area (Å²) in [5.74, 6) is -3.95. The summed E-state index contributed by atoms with van der Waals surface area (Å²) >= 11 is 0. The number of hydrogen-bond donors (Lipinski definition) is 1. The Kier molecular flexibility index (Phi) is 2.08. The van der Waals surface area contributed by atoms with Crippen molar-refractivity contribution in [3.63, 3.8) is 0 Å². The van der Waals surface area contributed by atoms with Crippen LogP contribution in [0.3, 0.4) is 0 Å². The molecule has 0 aromatic rings. The first-order valence-electron chi connectivity index (χ1n) is 3.49. The van der Waals surface area contributed by atoms with Gasteiger partial charge in [-0.2, -0.15) is 0 Å². The largest absolute Gasteiger partial charge is 0.480 e. The summed E-state index contributed by atoms with van der Waals surface area (Å²) in [6, 6.07) is 0. The summed E-state index contributed by atoms with van der Waals surface area (Å²) in [5.41, 5.74) is 0.627. The van der Waals surface area contributed by atoms with Crippen LogP contribution in [0.5, 0.6) is 0 Å². The fourth-order valence-electron chi connectivity index (χ4n) is 1.17. The second kappa shape index (κ2) is 2.89. The maximum Gasteiger partial charge on any atom is 0.322 e. The van der Waals surface area contributed by atoms with Gasteiger partial charge < -0.3 is 5.11 Å². The van der Waals surface area contributed by atoms with E-state index in [9.17, 15) is 14.4 Å². The molecular weight excluding hydrogens is 160 g/mol. The fourth-order valence-corrected chi connectivity index (χ4v) is 1.17. The topological polar surface area (TPSA) is 71.4 Å². The number of carboxylic acids is 1. The summed E-state index contributed by atoms with van der Waals surface area (Å²) in [7, 11) is 0. The van der Waals surface area contributed by atoms with E-state index in [1.165, 1.54) is 6.08 Å². The predicted molar refractivity (Wildman–Crippen MR) is 39.5 cm³/mol. The van der Waals surface area contributed by atoms with Crippen molar-refractivity contribution in [2.24, 2.45) is 5.92 Å². The number of carboxylic acid groups (broad SMARTS) is 1.